The molecule has 1 aliphatic heterocycles. The lowest BCUT2D eigenvalue weighted by Crippen LogP contribution is -2.38. The van der Waals surface area contributed by atoms with Crippen molar-refractivity contribution in [2.24, 2.45) is 22.4 Å². The number of benzene rings is 1. The number of rotatable bonds is 11. The molecule has 31 heavy (non-hydrogen) atoms. The minimum atomic E-state index is -0.436. The van der Waals surface area contributed by atoms with E-state index in [2.05, 4.69) is 20.4 Å². The summed E-state index contributed by atoms with van der Waals surface area (Å²) in [5, 5.41) is 5.61. The summed E-state index contributed by atoms with van der Waals surface area (Å²) in [6.45, 7) is 1.21. The molecule has 1 saturated heterocycles. The number of amides is 2. The van der Waals surface area contributed by atoms with Crippen LogP contribution in [0.2, 0.25) is 0 Å². The Morgan fingerprint density at radius 3 is 2.71 bits per heavy atom. The van der Waals surface area contributed by atoms with Gasteiger partial charge in [-0.1, -0.05) is 12.1 Å². The quantitative estimate of drug-likeness (QED) is 0.162. The molecule has 0 radical (unpaired) electrons. The van der Waals surface area contributed by atoms with E-state index < -0.39 is 11.9 Å². The van der Waals surface area contributed by atoms with Gasteiger partial charge in [0.15, 0.2) is 5.96 Å². The fourth-order valence-electron chi connectivity index (χ4n) is 3.12. The summed E-state index contributed by atoms with van der Waals surface area (Å²) in [5.74, 6) is -0.817. The second-order valence-electron chi connectivity index (χ2n) is 6.99. The highest BCUT2D eigenvalue weighted by molar-refractivity contribution is 5.97. The van der Waals surface area contributed by atoms with Gasteiger partial charge < -0.3 is 31.6 Å². The molecule has 1 fully saturated rings. The Bertz CT molecular complexity index is 785. The first kappa shape index (κ1) is 26.0. The molecule has 2 rings (SSSR count). The van der Waals surface area contributed by atoms with Crippen molar-refractivity contribution in [3.63, 3.8) is 0 Å². The number of hydrogen-bond acceptors (Lipinski definition) is 6. The Morgan fingerprint density at radius 2 is 2.00 bits per heavy atom. The number of para-hydroxylation sites is 1. The molecule has 2 atom stereocenters. The third-order valence-corrected chi connectivity index (χ3v) is 4.67. The number of guanidine groups is 1. The maximum absolute atomic E-state index is 12.6. The Morgan fingerprint density at radius 1 is 1.26 bits per heavy atom. The standard InChI is InChI=1S/C20H29N5O5.ClH/c1-29-17(26)11-13-10-14(25-18(13)27)12-24-19(28)15-6-2-3-7-16(15)30-9-5-4-8-23-20(21)22;/h2-3,6-7,13-14H,4-5,8-12H2,1H3,(H,24,28)(H,25,27)(H4,21,22,23);1H/t13-,14-;/m0./s1. The van der Waals surface area contributed by atoms with Crippen molar-refractivity contribution >= 4 is 36.2 Å². The molecule has 10 nitrogen and oxygen atoms in total. The van der Waals surface area contributed by atoms with E-state index in [1.807, 2.05) is 0 Å². The fourth-order valence-corrected chi connectivity index (χ4v) is 3.12. The van der Waals surface area contributed by atoms with E-state index in [0.717, 1.165) is 12.8 Å². The molecular formula is C20H30ClN5O5. The van der Waals surface area contributed by atoms with E-state index in [1.54, 1.807) is 24.3 Å². The highest BCUT2D eigenvalue weighted by Crippen LogP contribution is 2.21. The summed E-state index contributed by atoms with van der Waals surface area (Å²) in [7, 11) is 1.29. The molecule has 0 saturated carbocycles. The number of nitrogens with two attached hydrogens (primary N) is 2. The molecule has 0 spiro atoms. The Balaban J connectivity index is 0.00000480. The van der Waals surface area contributed by atoms with E-state index in [9.17, 15) is 14.4 Å². The van der Waals surface area contributed by atoms with Crippen molar-refractivity contribution in [3.05, 3.63) is 29.8 Å². The number of ether oxygens (including phenoxy) is 2. The van der Waals surface area contributed by atoms with E-state index in [0.29, 0.717) is 30.9 Å². The van der Waals surface area contributed by atoms with Gasteiger partial charge in [-0.2, -0.15) is 0 Å². The SMILES string of the molecule is COC(=O)C[C@@H]1C[C@@H](CNC(=O)c2ccccc2OCCCCN=C(N)N)NC1=O.Cl. The molecule has 1 aliphatic rings. The number of aliphatic imine (C=N–C) groups is 1. The van der Waals surface area contributed by atoms with Gasteiger partial charge >= 0.3 is 5.97 Å². The average Bonchev–Trinajstić information content (AvgIpc) is 3.07. The molecule has 0 bridgehead atoms. The number of halogens is 1. The molecule has 1 aromatic carbocycles. The Hall–Kier alpha value is -3.01. The number of carbonyl (C=O) groups excluding carboxylic acids is 3. The van der Waals surface area contributed by atoms with E-state index in [4.69, 9.17) is 16.2 Å². The summed E-state index contributed by atoms with van der Waals surface area (Å²) in [6, 6.07) is 6.72. The first-order chi connectivity index (χ1) is 14.4. The second kappa shape index (κ2) is 13.3. The van der Waals surface area contributed by atoms with Gasteiger partial charge in [0.1, 0.15) is 5.75 Å². The zero-order chi connectivity index (χ0) is 21.9. The van der Waals surface area contributed by atoms with Gasteiger partial charge in [-0.05, 0) is 31.4 Å². The van der Waals surface area contributed by atoms with Crippen LogP contribution < -0.4 is 26.8 Å². The van der Waals surface area contributed by atoms with Crippen molar-refractivity contribution in [1.29, 1.82) is 0 Å². The molecule has 6 N–H and O–H groups in total. The van der Waals surface area contributed by atoms with Gasteiger partial charge in [0, 0.05) is 19.1 Å². The molecule has 1 aromatic rings. The van der Waals surface area contributed by atoms with Crippen LogP contribution in [-0.4, -0.2) is 56.6 Å². The molecule has 11 heteroatoms. The number of unbranched alkanes of at least 4 members (excludes halogenated alkanes) is 1. The van der Waals surface area contributed by atoms with Gasteiger partial charge in [0.2, 0.25) is 5.91 Å². The molecule has 0 unspecified atom stereocenters. The molecule has 2 amide bonds. The lowest BCUT2D eigenvalue weighted by Gasteiger charge is -2.14. The normalized spacial score (nSPS) is 17.1. The maximum atomic E-state index is 12.6. The van der Waals surface area contributed by atoms with Crippen LogP contribution in [0, 0.1) is 5.92 Å². The minimum absolute atomic E-state index is 0. The van der Waals surface area contributed by atoms with Crippen LogP contribution in [0.5, 0.6) is 5.75 Å². The molecule has 0 aromatic heterocycles. The minimum Gasteiger partial charge on any atom is -0.493 e. The van der Waals surface area contributed by atoms with Crippen LogP contribution in [-0.2, 0) is 14.3 Å². The first-order valence-electron chi connectivity index (χ1n) is 9.83. The third kappa shape index (κ3) is 8.71. The fraction of sp³-hybridized carbons (Fsp3) is 0.500. The topological polar surface area (TPSA) is 158 Å². The molecular weight excluding hydrogens is 426 g/mol. The van der Waals surface area contributed by atoms with Crippen LogP contribution in [0.4, 0.5) is 0 Å². The van der Waals surface area contributed by atoms with Crippen molar-refractivity contribution < 1.29 is 23.9 Å². The van der Waals surface area contributed by atoms with Crippen molar-refractivity contribution in [1.82, 2.24) is 10.6 Å². The Kier molecular flexibility index (Phi) is 11.2. The smallest absolute Gasteiger partial charge is 0.306 e. The predicted octanol–water partition coefficient (Wildman–Crippen LogP) is 0.338. The number of carbonyl (C=O) groups is 3. The van der Waals surface area contributed by atoms with Gasteiger partial charge in [0.05, 0.1) is 31.6 Å². The lowest BCUT2D eigenvalue weighted by atomic mass is 10.0. The van der Waals surface area contributed by atoms with E-state index >= 15 is 0 Å². The lowest BCUT2D eigenvalue weighted by molar-refractivity contribution is -0.143. The van der Waals surface area contributed by atoms with Crippen LogP contribution in [0.15, 0.2) is 29.3 Å². The summed E-state index contributed by atoms with van der Waals surface area (Å²) in [5.41, 5.74) is 11.0. The van der Waals surface area contributed by atoms with Gasteiger partial charge in [-0.25, -0.2) is 0 Å². The zero-order valence-corrected chi connectivity index (χ0v) is 18.3. The molecule has 172 valence electrons. The first-order valence-corrected chi connectivity index (χ1v) is 9.83. The number of methoxy groups -OCH3 is 1. The predicted molar refractivity (Wildman–Crippen MR) is 118 cm³/mol. The van der Waals surface area contributed by atoms with Crippen LogP contribution in [0.1, 0.15) is 36.0 Å². The summed E-state index contributed by atoms with van der Waals surface area (Å²) < 4.78 is 10.3. The zero-order valence-electron chi connectivity index (χ0n) is 17.5. The summed E-state index contributed by atoms with van der Waals surface area (Å²) >= 11 is 0. The number of nitrogens with zero attached hydrogens (tertiary/aromatic N) is 1. The number of nitrogens with one attached hydrogen (secondary N) is 2. The van der Waals surface area contributed by atoms with Gasteiger partial charge in [-0.3, -0.25) is 19.4 Å². The highest BCUT2D eigenvalue weighted by Gasteiger charge is 2.33. The summed E-state index contributed by atoms with van der Waals surface area (Å²) in [6.07, 6.45) is 2.00. The van der Waals surface area contributed by atoms with Crippen molar-refractivity contribution in [3.8, 4) is 5.75 Å². The molecule has 1 heterocycles. The van der Waals surface area contributed by atoms with E-state index in [-0.39, 0.29) is 49.2 Å². The van der Waals surface area contributed by atoms with Gasteiger partial charge in [-0.15, -0.1) is 12.4 Å². The van der Waals surface area contributed by atoms with Gasteiger partial charge in [0.25, 0.3) is 5.91 Å². The Labute approximate surface area is 187 Å². The monoisotopic (exact) mass is 455 g/mol. The largest absolute Gasteiger partial charge is 0.493 e. The number of hydrogen-bond donors (Lipinski definition) is 4. The van der Waals surface area contributed by atoms with Crippen molar-refractivity contribution in [2.75, 3.05) is 26.8 Å². The highest BCUT2D eigenvalue weighted by atomic mass is 35.5. The molecule has 0 aliphatic carbocycles. The van der Waals surface area contributed by atoms with Crippen LogP contribution >= 0.6 is 12.4 Å². The second-order valence-corrected chi connectivity index (χ2v) is 6.99. The third-order valence-electron chi connectivity index (χ3n) is 4.67. The average molecular weight is 456 g/mol. The maximum Gasteiger partial charge on any atom is 0.306 e. The van der Waals surface area contributed by atoms with Crippen LogP contribution in [0.3, 0.4) is 0 Å². The number of esters is 1. The summed E-state index contributed by atoms with van der Waals surface area (Å²) in [4.78, 5) is 39.8. The van der Waals surface area contributed by atoms with Crippen LogP contribution in [0.25, 0.3) is 0 Å². The van der Waals surface area contributed by atoms with E-state index in [1.165, 1.54) is 7.11 Å². The van der Waals surface area contributed by atoms with Crippen molar-refractivity contribution in [2.45, 2.75) is 31.7 Å².